The number of amides is 1. The number of rotatable bonds is 3. The molecular formula is C26H38BNO4. The van der Waals surface area contributed by atoms with Gasteiger partial charge in [-0.1, -0.05) is 42.0 Å². The first kappa shape index (κ1) is 23.4. The van der Waals surface area contributed by atoms with E-state index in [2.05, 4.69) is 64.1 Å². The van der Waals surface area contributed by atoms with Crippen molar-refractivity contribution in [3.05, 3.63) is 47.5 Å². The molecule has 32 heavy (non-hydrogen) atoms. The normalized spacial score (nSPS) is 29.3. The number of carbonyl (C=O) groups excluding carboxylic acids is 1. The maximum absolute atomic E-state index is 12.5. The number of hydrogen-bond acceptors (Lipinski definition) is 4. The van der Waals surface area contributed by atoms with E-state index in [0.717, 1.165) is 19.3 Å². The summed E-state index contributed by atoms with van der Waals surface area (Å²) in [6.45, 7) is 15.4. The van der Waals surface area contributed by atoms with Crippen molar-refractivity contribution in [2.75, 3.05) is 13.1 Å². The first-order chi connectivity index (χ1) is 14.8. The minimum Gasteiger partial charge on any atom is -0.444 e. The zero-order valence-electron chi connectivity index (χ0n) is 20.7. The Kier molecular flexibility index (Phi) is 5.78. The monoisotopic (exact) mass is 439 g/mol. The quantitative estimate of drug-likeness (QED) is 0.431. The van der Waals surface area contributed by atoms with Crippen LogP contribution in [0.3, 0.4) is 0 Å². The Hall–Kier alpha value is -1.79. The predicted molar refractivity (Wildman–Crippen MR) is 128 cm³/mol. The summed E-state index contributed by atoms with van der Waals surface area (Å²) in [7, 11) is -0.271. The molecule has 0 unspecified atom stereocenters. The maximum atomic E-state index is 12.5. The lowest BCUT2D eigenvalue weighted by Gasteiger charge is -2.51. The first-order valence-electron chi connectivity index (χ1n) is 11.9. The largest absolute Gasteiger partial charge is 0.468 e. The molecular weight excluding hydrogens is 401 g/mol. The van der Waals surface area contributed by atoms with E-state index in [1.165, 1.54) is 11.1 Å². The van der Waals surface area contributed by atoms with Gasteiger partial charge < -0.3 is 18.9 Å². The highest BCUT2D eigenvalue weighted by molar-refractivity contribution is 6.51. The van der Waals surface area contributed by atoms with Gasteiger partial charge in [-0.3, -0.25) is 0 Å². The highest BCUT2D eigenvalue weighted by Crippen LogP contribution is 2.66. The third-order valence-corrected chi connectivity index (χ3v) is 7.70. The molecule has 0 bridgehead atoms. The van der Waals surface area contributed by atoms with Gasteiger partial charge in [0.2, 0.25) is 0 Å². The van der Waals surface area contributed by atoms with Crippen LogP contribution in [0.1, 0.15) is 79.2 Å². The topological polar surface area (TPSA) is 48.0 Å². The molecule has 1 aromatic carbocycles. The van der Waals surface area contributed by atoms with Gasteiger partial charge >= 0.3 is 13.2 Å². The van der Waals surface area contributed by atoms with Crippen molar-refractivity contribution in [2.24, 2.45) is 0 Å². The van der Waals surface area contributed by atoms with Gasteiger partial charge in [0.05, 0.1) is 11.2 Å². The molecule has 1 saturated carbocycles. The number of hydrogen-bond donors (Lipinski definition) is 0. The van der Waals surface area contributed by atoms with Crippen molar-refractivity contribution in [3.8, 4) is 0 Å². The van der Waals surface area contributed by atoms with E-state index in [9.17, 15) is 4.79 Å². The van der Waals surface area contributed by atoms with Crippen LogP contribution >= 0.6 is 0 Å². The lowest BCUT2D eigenvalue weighted by atomic mass is 9.39. The summed E-state index contributed by atoms with van der Waals surface area (Å²) in [6, 6.07) is 10.7. The van der Waals surface area contributed by atoms with Crippen LogP contribution in [0.25, 0.3) is 0 Å². The van der Waals surface area contributed by atoms with E-state index in [4.69, 9.17) is 14.0 Å². The van der Waals surface area contributed by atoms with Crippen LogP contribution in [-0.2, 0) is 14.0 Å². The predicted octanol–water partition coefficient (Wildman–Crippen LogP) is 5.96. The summed E-state index contributed by atoms with van der Waals surface area (Å²) in [4.78, 5) is 14.3. The van der Waals surface area contributed by atoms with Gasteiger partial charge in [0.1, 0.15) is 5.60 Å². The maximum Gasteiger partial charge on any atom is 0.468 e. The number of ether oxygens (including phenoxy) is 1. The van der Waals surface area contributed by atoms with Gasteiger partial charge in [-0.05, 0) is 79.2 Å². The van der Waals surface area contributed by atoms with Crippen molar-refractivity contribution in [1.29, 1.82) is 0 Å². The van der Waals surface area contributed by atoms with Crippen LogP contribution in [-0.4, -0.2) is 48.0 Å². The van der Waals surface area contributed by atoms with E-state index >= 15 is 0 Å². The Balaban J connectivity index is 1.56. The van der Waals surface area contributed by atoms with Gasteiger partial charge in [0.25, 0.3) is 0 Å². The summed E-state index contributed by atoms with van der Waals surface area (Å²) >= 11 is 0. The van der Waals surface area contributed by atoms with Crippen LogP contribution in [0.4, 0.5) is 4.79 Å². The third-order valence-electron chi connectivity index (χ3n) is 7.70. The lowest BCUT2D eigenvalue weighted by Crippen LogP contribution is -2.48. The summed E-state index contributed by atoms with van der Waals surface area (Å²) in [5.74, 6) is 0.500. The molecule has 1 saturated heterocycles. The molecule has 2 aliphatic heterocycles. The second kappa shape index (κ2) is 7.91. The second-order valence-corrected chi connectivity index (χ2v) is 11.7. The summed E-state index contributed by atoms with van der Waals surface area (Å²) < 4.78 is 18.7. The van der Waals surface area contributed by atoms with E-state index in [1.54, 1.807) is 4.90 Å². The van der Waals surface area contributed by atoms with Crippen molar-refractivity contribution >= 4 is 13.2 Å². The highest BCUT2D eigenvalue weighted by atomic mass is 16.7. The average Bonchev–Trinajstić information content (AvgIpc) is 2.88. The Morgan fingerprint density at radius 3 is 2.16 bits per heavy atom. The fourth-order valence-corrected chi connectivity index (χ4v) is 5.07. The zero-order valence-corrected chi connectivity index (χ0v) is 20.7. The lowest BCUT2D eigenvalue weighted by molar-refractivity contribution is 0.00578. The summed E-state index contributed by atoms with van der Waals surface area (Å²) in [6.07, 6.45) is 4.82. The van der Waals surface area contributed by atoms with E-state index in [-0.39, 0.29) is 29.7 Å². The smallest absolute Gasteiger partial charge is 0.444 e. The number of carbonyl (C=O) groups is 1. The second-order valence-electron chi connectivity index (χ2n) is 11.7. The molecule has 1 amide bonds. The van der Waals surface area contributed by atoms with Gasteiger partial charge in [-0.2, -0.15) is 0 Å². The van der Waals surface area contributed by atoms with Gasteiger partial charge in [-0.25, -0.2) is 4.79 Å². The van der Waals surface area contributed by atoms with E-state index < -0.39 is 5.60 Å². The van der Waals surface area contributed by atoms with Gasteiger partial charge in [-0.15, -0.1) is 0 Å². The Morgan fingerprint density at radius 1 is 1.06 bits per heavy atom. The van der Waals surface area contributed by atoms with Crippen molar-refractivity contribution in [3.63, 3.8) is 0 Å². The summed E-state index contributed by atoms with van der Waals surface area (Å²) in [5, 5.41) is -0.147. The van der Waals surface area contributed by atoms with E-state index in [0.29, 0.717) is 19.0 Å². The molecule has 2 fully saturated rings. The molecule has 0 N–H and O–H groups in total. The highest BCUT2D eigenvalue weighted by Gasteiger charge is 2.64. The number of benzene rings is 1. The molecule has 0 spiro atoms. The molecule has 0 aromatic heterocycles. The van der Waals surface area contributed by atoms with Crippen LogP contribution in [0, 0.1) is 0 Å². The molecule has 3 aliphatic rings. The van der Waals surface area contributed by atoms with Crippen LogP contribution in [0.15, 0.2) is 42.0 Å². The van der Waals surface area contributed by atoms with Crippen molar-refractivity contribution in [1.82, 2.24) is 4.90 Å². The minimum absolute atomic E-state index is 0.147. The SMILES string of the molecule is CC(C)(C)OC(=O)N1CC=C(C2(B3OC(C)(C)C(C)(C)O3)CC(c3ccccc3)C2)CC1. The Morgan fingerprint density at radius 2 is 1.66 bits per heavy atom. The molecule has 4 rings (SSSR count). The van der Waals surface area contributed by atoms with Crippen LogP contribution in [0.5, 0.6) is 0 Å². The molecule has 5 nitrogen and oxygen atoms in total. The molecule has 1 aliphatic carbocycles. The molecule has 6 heteroatoms. The molecule has 2 heterocycles. The third kappa shape index (κ3) is 4.24. The van der Waals surface area contributed by atoms with E-state index in [1.807, 2.05) is 20.8 Å². The zero-order chi connectivity index (χ0) is 23.4. The molecule has 1 aromatic rings. The molecule has 0 radical (unpaired) electrons. The van der Waals surface area contributed by atoms with Crippen molar-refractivity contribution < 1.29 is 18.8 Å². The Bertz CT molecular complexity index is 865. The Labute approximate surface area is 193 Å². The van der Waals surface area contributed by atoms with Crippen LogP contribution < -0.4 is 0 Å². The van der Waals surface area contributed by atoms with Crippen molar-refractivity contribution in [2.45, 2.75) is 95.8 Å². The number of nitrogens with zero attached hydrogens (tertiary/aromatic N) is 1. The summed E-state index contributed by atoms with van der Waals surface area (Å²) in [5.41, 5.74) is 1.54. The first-order valence-corrected chi connectivity index (χ1v) is 11.9. The fraction of sp³-hybridized carbons (Fsp3) is 0.654. The standard InChI is InChI=1S/C26H38BNO4/c1-23(2,3)30-22(29)28-15-13-21(14-16-28)26(27-31-24(4,5)25(6,7)32-27)17-20(18-26)19-11-9-8-10-12-19/h8-13,20H,14-18H2,1-7H3. The molecule has 0 atom stereocenters. The molecule has 174 valence electrons. The fourth-order valence-electron chi connectivity index (χ4n) is 5.07. The minimum atomic E-state index is -0.484. The van der Waals surface area contributed by atoms with Gasteiger partial charge in [0.15, 0.2) is 0 Å². The van der Waals surface area contributed by atoms with Gasteiger partial charge in [0, 0.05) is 18.4 Å². The van der Waals surface area contributed by atoms with Crippen LogP contribution in [0.2, 0.25) is 5.31 Å². The average molecular weight is 439 g/mol.